The highest BCUT2D eigenvalue weighted by molar-refractivity contribution is 8.00. The van der Waals surface area contributed by atoms with Crippen molar-refractivity contribution in [3.63, 3.8) is 0 Å². The zero-order valence-corrected chi connectivity index (χ0v) is 21.3. The Labute approximate surface area is 226 Å². The quantitative estimate of drug-likeness (QED) is 0.323. The minimum Gasteiger partial charge on any atom is -0.410 e. The number of nitrogens with zero attached hydrogens (tertiary/aromatic N) is 3. The summed E-state index contributed by atoms with van der Waals surface area (Å²) in [4.78, 5) is 32.4. The summed E-state index contributed by atoms with van der Waals surface area (Å²) in [6.07, 6.45) is -0.457. The molecule has 5 rings (SSSR count). The molecule has 11 heteroatoms. The number of nitrogen functional groups attached to an aromatic ring is 1. The number of benzene rings is 3. The number of hydrogen-bond donors (Lipinski definition) is 1. The number of aromatic nitrogens is 2. The van der Waals surface area contributed by atoms with Gasteiger partial charge >= 0.3 is 11.6 Å². The molecule has 7 nitrogen and oxygen atoms in total. The van der Waals surface area contributed by atoms with Crippen LogP contribution < -0.4 is 16.0 Å². The number of carbonyl (C=O) groups is 1. The van der Waals surface area contributed by atoms with Crippen LogP contribution in [-0.2, 0) is 13.0 Å². The Morgan fingerprint density at radius 3 is 2.10 bits per heavy atom. The van der Waals surface area contributed by atoms with Crippen LogP contribution in [0.25, 0.3) is 0 Å². The van der Waals surface area contributed by atoms with E-state index in [1.54, 1.807) is 0 Å². The predicted octanol–water partition coefficient (Wildman–Crippen LogP) is 5.63. The molecule has 0 radical (unpaired) electrons. The summed E-state index contributed by atoms with van der Waals surface area (Å²) < 4.78 is 44.5. The molecule has 1 aliphatic heterocycles. The Kier molecular flexibility index (Phi) is 7.34. The fourth-order valence-electron chi connectivity index (χ4n) is 4.56. The summed E-state index contributed by atoms with van der Waals surface area (Å²) in [6, 6.07) is 23.6. The van der Waals surface area contributed by atoms with Crippen molar-refractivity contribution in [2.75, 3.05) is 12.3 Å². The number of fused-ring (bicyclic) bond motifs is 1. The van der Waals surface area contributed by atoms with Gasteiger partial charge in [-0.15, -0.1) is 0 Å². The van der Waals surface area contributed by atoms with Crippen molar-refractivity contribution in [2.24, 2.45) is 0 Å². The summed E-state index contributed by atoms with van der Waals surface area (Å²) >= 11 is -0.251. The Bertz CT molecular complexity index is 1490. The maximum atomic E-state index is 13.7. The molecule has 2 N–H and O–H groups in total. The summed E-state index contributed by atoms with van der Waals surface area (Å²) in [5.74, 6) is 0.123. The molecule has 2 heterocycles. The van der Waals surface area contributed by atoms with E-state index in [0.717, 1.165) is 11.1 Å². The fourth-order valence-corrected chi connectivity index (χ4v) is 5.10. The second-order valence-electron chi connectivity index (χ2n) is 8.85. The smallest absolute Gasteiger partial charge is 0.410 e. The molecule has 0 atom stereocenters. The van der Waals surface area contributed by atoms with Crippen LogP contribution in [0.15, 0.2) is 94.6 Å². The Balaban J connectivity index is 1.39. The summed E-state index contributed by atoms with van der Waals surface area (Å²) in [5, 5.41) is 0. The molecule has 0 saturated heterocycles. The Morgan fingerprint density at radius 2 is 1.54 bits per heavy atom. The number of alkyl halides is 3. The first-order valence-electron chi connectivity index (χ1n) is 12.0. The van der Waals surface area contributed by atoms with E-state index in [1.165, 1.54) is 33.7 Å². The monoisotopic (exact) mass is 552 g/mol. The number of nitrogens with two attached hydrogens (primary N) is 1. The molecule has 0 spiro atoms. The van der Waals surface area contributed by atoms with Gasteiger partial charge in [-0.25, -0.2) is 9.78 Å². The molecule has 200 valence electrons. The maximum absolute atomic E-state index is 13.7. The van der Waals surface area contributed by atoms with Gasteiger partial charge in [0, 0.05) is 17.0 Å². The number of hydrogen-bond acceptors (Lipinski definition) is 6. The van der Waals surface area contributed by atoms with Crippen LogP contribution >= 0.6 is 11.8 Å². The predicted molar refractivity (Wildman–Crippen MR) is 142 cm³/mol. The lowest BCUT2D eigenvalue weighted by Gasteiger charge is -2.29. The van der Waals surface area contributed by atoms with Crippen molar-refractivity contribution in [3.05, 3.63) is 118 Å². The number of ether oxygens (including phenoxy) is 1. The third kappa shape index (κ3) is 5.93. The van der Waals surface area contributed by atoms with Crippen molar-refractivity contribution >= 4 is 23.8 Å². The van der Waals surface area contributed by atoms with E-state index in [9.17, 15) is 22.8 Å². The number of thioether (sulfide) groups is 1. The van der Waals surface area contributed by atoms with Crippen LogP contribution in [0.1, 0.15) is 28.4 Å². The lowest BCUT2D eigenvalue weighted by molar-refractivity contribution is -0.0328. The largest absolute Gasteiger partial charge is 0.446 e. The molecule has 0 bridgehead atoms. The van der Waals surface area contributed by atoms with Crippen LogP contribution in [-0.4, -0.2) is 32.6 Å². The molecule has 0 unspecified atom stereocenters. The second kappa shape index (κ2) is 10.9. The van der Waals surface area contributed by atoms with Gasteiger partial charge in [0.15, 0.2) is 0 Å². The molecule has 0 aliphatic carbocycles. The normalized spacial score (nSPS) is 13.3. The van der Waals surface area contributed by atoms with E-state index in [4.69, 9.17) is 10.5 Å². The molecular formula is C28H23F3N4O3S. The number of amides is 1. The lowest BCUT2D eigenvalue weighted by Crippen LogP contribution is -2.43. The molecule has 3 aromatic carbocycles. The molecule has 0 fully saturated rings. The third-order valence-electron chi connectivity index (χ3n) is 6.30. The summed E-state index contributed by atoms with van der Waals surface area (Å²) in [5.41, 5.74) is 4.28. The van der Waals surface area contributed by atoms with Crippen LogP contribution in [0.2, 0.25) is 0 Å². The lowest BCUT2D eigenvalue weighted by atomic mass is 9.97. The van der Waals surface area contributed by atoms with E-state index in [0.29, 0.717) is 11.3 Å². The number of anilines is 1. The average Bonchev–Trinajstić information content (AvgIpc) is 2.92. The van der Waals surface area contributed by atoms with Gasteiger partial charge in [-0.2, -0.15) is 13.2 Å². The van der Waals surface area contributed by atoms with Gasteiger partial charge in [-0.3, -0.25) is 9.36 Å². The standard InChI is InChI=1S/C28H23F3N4O3S/c29-28(30,31)39-21-13-11-20(12-14-21)38-27(37)34-16-15-22-23(17-34)33-26(32)35(25(22)36)24(18-7-3-1-4-8-18)19-9-5-2-6-10-19/h1-14,24H,15-17H2,(H2,32,33). The van der Waals surface area contributed by atoms with Gasteiger partial charge in [0.1, 0.15) is 5.75 Å². The second-order valence-corrected chi connectivity index (χ2v) is 9.99. The Hall–Kier alpha value is -4.25. The fraction of sp³-hybridized carbons (Fsp3) is 0.179. The van der Waals surface area contributed by atoms with E-state index in [2.05, 4.69) is 4.98 Å². The summed E-state index contributed by atoms with van der Waals surface area (Å²) in [6.45, 7) is 0.216. The summed E-state index contributed by atoms with van der Waals surface area (Å²) in [7, 11) is 0. The van der Waals surface area contributed by atoms with Crippen molar-refractivity contribution in [1.29, 1.82) is 0 Å². The highest BCUT2D eigenvalue weighted by atomic mass is 32.2. The van der Waals surface area contributed by atoms with E-state index in [-0.39, 0.29) is 53.4 Å². The number of halogens is 3. The first kappa shape index (κ1) is 26.4. The van der Waals surface area contributed by atoms with E-state index < -0.39 is 17.6 Å². The van der Waals surface area contributed by atoms with Gasteiger partial charge in [0.25, 0.3) is 5.56 Å². The van der Waals surface area contributed by atoms with Crippen LogP contribution in [0, 0.1) is 0 Å². The van der Waals surface area contributed by atoms with Crippen LogP contribution in [0.5, 0.6) is 5.75 Å². The minimum absolute atomic E-state index is 0.0117. The third-order valence-corrected chi connectivity index (χ3v) is 7.04. The van der Waals surface area contributed by atoms with Crippen molar-refractivity contribution in [3.8, 4) is 5.75 Å². The van der Waals surface area contributed by atoms with Crippen molar-refractivity contribution < 1.29 is 22.7 Å². The molecule has 4 aromatic rings. The van der Waals surface area contributed by atoms with Gasteiger partial charge in [-0.05, 0) is 53.6 Å². The van der Waals surface area contributed by atoms with Crippen LogP contribution in [0.3, 0.4) is 0 Å². The number of rotatable bonds is 5. The Morgan fingerprint density at radius 1 is 0.949 bits per heavy atom. The van der Waals surface area contributed by atoms with Crippen molar-refractivity contribution in [2.45, 2.75) is 29.4 Å². The SMILES string of the molecule is Nc1nc2c(c(=O)n1C(c1ccccc1)c1ccccc1)CCN(C(=O)Oc1ccc(SC(F)(F)F)cc1)C2. The highest BCUT2D eigenvalue weighted by Crippen LogP contribution is 2.37. The van der Waals surface area contributed by atoms with Gasteiger partial charge in [-0.1, -0.05) is 60.7 Å². The first-order valence-corrected chi connectivity index (χ1v) is 12.8. The molecule has 1 amide bonds. The zero-order chi connectivity index (χ0) is 27.6. The van der Waals surface area contributed by atoms with E-state index in [1.807, 2.05) is 60.7 Å². The first-order chi connectivity index (χ1) is 18.7. The maximum Gasteiger partial charge on any atom is 0.446 e. The average molecular weight is 553 g/mol. The van der Waals surface area contributed by atoms with Gasteiger partial charge < -0.3 is 15.4 Å². The zero-order valence-electron chi connectivity index (χ0n) is 20.5. The molecule has 39 heavy (non-hydrogen) atoms. The molecular weight excluding hydrogens is 529 g/mol. The molecule has 1 aromatic heterocycles. The van der Waals surface area contributed by atoms with Gasteiger partial charge in [0.2, 0.25) is 5.95 Å². The minimum atomic E-state index is -4.41. The van der Waals surface area contributed by atoms with Gasteiger partial charge in [0.05, 0.1) is 18.3 Å². The topological polar surface area (TPSA) is 90.5 Å². The number of carbonyl (C=O) groups excluding carboxylic acids is 1. The van der Waals surface area contributed by atoms with Crippen molar-refractivity contribution in [1.82, 2.24) is 14.5 Å². The molecule has 0 saturated carbocycles. The molecule has 1 aliphatic rings. The highest BCUT2D eigenvalue weighted by Gasteiger charge is 2.31. The van der Waals surface area contributed by atoms with E-state index >= 15 is 0 Å². The van der Waals surface area contributed by atoms with Crippen LogP contribution in [0.4, 0.5) is 23.9 Å².